The third kappa shape index (κ3) is 3.11. The third-order valence-corrected chi connectivity index (χ3v) is 7.54. The molecule has 2 aromatic rings. The second kappa shape index (κ2) is 6.79. The number of benzene rings is 2. The van der Waals surface area contributed by atoms with E-state index in [4.69, 9.17) is 0 Å². The first-order valence-corrected chi connectivity index (χ1v) is 12.0. The molecule has 27 heavy (non-hydrogen) atoms. The zero-order valence-electron chi connectivity index (χ0n) is 15.6. The number of nitrogens with zero attached hydrogens (tertiary/aromatic N) is 1. The number of rotatable bonds is 4. The van der Waals surface area contributed by atoms with Crippen LogP contribution in [0.15, 0.2) is 95.7 Å². The Kier molecular flexibility index (Phi) is 4.14. The molecule has 3 aliphatic rings. The molecule has 132 valence electrons. The lowest BCUT2D eigenvalue weighted by atomic mass is 10.0. The molecule has 2 aromatic carbocycles. The second-order valence-corrected chi connectivity index (χ2v) is 9.96. The van der Waals surface area contributed by atoms with Crippen molar-refractivity contribution in [1.29, 1.82) is 0 Å². The highest BCUT2D eigenvalue weighted by atomic mass is 28.2. The summed E-state index contributed by atoms with van der Waals surface area (Å²) in [6.07, 6.45) is 11.8. The van der Waals surface area contributed by atoms with Gasteiger partial charge in [0, 0.05) is 32.3 Å². The van der Waals surface area contributed by atoms with Gasteiger partial charge >= 0.3 is 0 Å². The molecule has 1 heterocycles. The molecule has 0 spiro atoms. The number of hydrogen-bond acceptors (Lipinski definition) is 1. The summed E-state index contributed by atoms with van der Waals surface area (Å²) in [4.78, 5) is 2.41. The van der Waals surface area contributed by atoms with Gasteiger partial charge in [0.05, 0.1) is 0 Å². The van der Waals surface area contributed by atoms with Crippen molar-refractivity contribution in [2.45, 2.75) is 18.5 Å². The standard InChI is InChI=1S/C25H23NSi/c1-27(18-22-12-11-20-7-5-6-10-24(20)22)17-19-15-21-13-14-26(25(21)16-19)23-8-3-2-4-9-23/h2-13,15-17,22H,14,18H2,1H3. The average molecular weight is 366 g/mol. The van der Waals surface area contributed by atoms with Gasteiger partial charge in [-0.25, -0.2) is 0 Å². The van der Waals surface area contributed by atoms with Crippen LogP contribution in [0.25, 0.3) is 6.08 Å². The summed E-state index contributed by atoms with van der Waals surface area (Å²) in [6.45, 7) is 3.42. The maximum absolute atomic E-state index is 2.54. The second-order valence-electron chi connectivity index (χ2n) is 7.57. The maximum atomic E-state index is 2.54. The Balaban J connectivity index is 1.34. The van der Waals surface area contributed by atoms with Gasteiger partial charge < -0.3 is 4.90 Å². The van der Waals surface area contributed by atoms with E-state index in [1.165, 1.54) is 39.7 Å². The molecule has 1 atom stereocenters. The topological polar surface area (TPSA) is 3.24 Å². The monoisotopic (exact) mass is 365 g/mol. The quantitative estimate of drug-likeness (QED) is 0.640. The summed E-state index contributed by atoms with van der Waals surface area (Å²) in [5.74, 6) is 0.588. The predicted octanol–water partition coefficient (Wildman–Crippen LogP) is 5.58. The highest BCUT2D eigenvalue weighted by molar-refractivity contribution is 6.67. The van der Waals surface area contributed by atoms with E-state index in [0.717, 1.165) is 6.54 Å². The Hall–Kier alpha value is -2.71. The van der Waals surface area contributed by atoms with E-state index in [-0.39, 0.29) is 0 Å². The smallest absolute Gasteiger partial charge is 0.0490 e. The van der Waals surface area contributed by atoms with Gasteiger partial charge in [-0.3, -0.25) is 0 Å². The highest BCUT2D eigenvalue weighted by Gasteiger charge is 2.24. The Labute approximate surface area is 162 Å². The molecule has 0 N–H and O–H groups in total. The molecule has 0 amide bonds. The van der Waals surface area contributed by atoms with Gasteiger partial charge in [0.25, 0.3) is 0 Å². The molecule has 1 nitrogen and oxygen atoms in total. The zero-order chi connectivity index (χ0) is 18.2. The summed E-state index contributed by atoms with van der Waals surface area (Å²) < 4.78 is 0. The van der Waals surface area contributed by atoms with Crippen molar-refractivity contribution >= 4 is 25.8 Å². The van der Waals surface area contributed by atoms with Gasteiger partial charge in [-0.05, 0) is 52.6 Å². The fraction of sp³-hybridized carbons (Fsp3) is 0.160. The summed E-state index contributed by atoms with van der Waals surface area (Å²) in [5, 5.41) is 0. The van der Waals surface area contributed by atoms with Gasteiger partial charge in [-0.15, -0.1) is 0 Å². The third-order valence-electron chi connectivity index (χ3n) is 5.63. The first kappa shape index (κ1) is 16.5. The van der Waals surface area contributed by atoms with Crippen molar-refractivity contribution in [3.05, 3.63) is 107 Å². The molecule has 5 rings (SSSR count). The van der Waals surface area contributed by atoms with Crippen LogP contribution >= 0.6 is 0 Å². The molecule has 0 radical (unpaired) electrons. The van der Waals surface area contributed by atoms with E-state index < -0.39 is 8.41 Å². The SMILES string of the molecule is C[Si](=CC1=CC2=CCN(c3ccccc3)C2=C1)CC1C=Cc2ccccc21. The first-order valence-electron chi connectivity index (χ1n) is 9.69. The fourth-order valence-corrected chi connectivity index (χ4v) is 6.25. The van der Waals surface area contributed by atoms with Crippen molar-refractivity contribution in [2.24, 2.45) is 0 Å². The van der Waals surface area contributed by atoms with Crippen LogP contribution in [0.4, 0.5) is 5.69 Å². The number of para-hydroxylation sites is 1. The largest absolute Gasteiger partial charge is 0.337 e. The van der Waals surface area contributed by atoms with Crippen LogP contribution in [-0.4, -0.2) is 20.6 Å². The van der Waals surface area contributed by atoms with E-state index in [1.807, 2.05) is 0 Å². The van der Waals surface area contributed by atoms with E-state index in [1.54, 1.807) is 0 Å². The number of allylic oxidation sites excluding steroid dienone is 4. The minimum Gasteiger partial charge on any atom is -0.337 e. The molecular formula is C25H23NSi. The Morgan fingerprint density at radius 3 is 2.74 bits per heavy atom. The first-order chi connectivity index (χ1) is 13.3. The molecule has 2 aliphatic carbocycles. The van der Waals surface area contributed by atoms with E-state index >= 15 is 0 Å². The van der Waals surface area contributed by atoms with Crippen molar-refractivity contribution in [3.8, 4) is 0 Å². The summed E-state index contributed by atoms with van der Waals surface area (Å²) in [5.41, 5.74) is 10.8. The molecule has 0 aromatic heterocycles. The molecule has 1 unspecified atom stereocenters. The van der Waals surface area contributed by atoms with Crippen LogP contribution in [0.1, 0.15) is 17.0 Å². The Bertz CT molecular complexity index is 1040. The van der Waals surface area contributed by atoms with E-state index in [9.17, 15) is 0 Å². The molecule has 0 fully saturated rings. The summed E-state index contributed by atoms with van der Waals surface area (Å²) in [6, 6.07) is 20.8. The molecule has 0 saturated carbocycles. The highest BCUT2D eigenvalue weighted by Crippen LogP contribution is 2.35. The van der Waals surface area contributed by atoms with Crippen LogP contribution in [-0.2, 0) is 0 Å². The van der Waals surface area contributed by atoms with Gasteiger partial charge in [0.15, 0.2) is 0 Å². The average Bonchev–Trinajstić information content (AvgIpc) is 3.37. The minimum absolute atomic E-state index is 0.544. The zero-order valence-corrected chi connectivity index (χ0v) is 16.6. The van der Waals surface area contributed by atoms with Gasteiger partial charge in [-0.2, -0.15) is 0 Å². The lowest BCUT2D eigenvalue weighted by Crippen LogP contribution is -2.17. The normalized spacial score (nSPS) is 20.3. The van der Waals surface area contributed by atoms with E-state index in [0.29, 0.717) is 5.92 Å². The van der Waals surface area contributed by atoms with Crippen molar-refractivity contribution in [3.63, 3.8) is 0 Å². The predicted molar refractivity (Wildman–Crippen MR) is 119 cm³/mol. The number of anilines is 1. The summed E-state index contributed by atoms with van der Waals surface area (Å²) in [7, 11) is -0.544. The van der Waals surface area contributed by atoms with Crippen LogP contribution in [0, 0.1) is 0 Å². The maximum Gasteiger partial charge on any atom is 0.0490 e. The van der Waals surface area contributed by atoms with Gasteiger partial charge in [0.2, 0.25) is 0 Å². The number of hydrogen-bond donors (Lipinski definition) is 0. The van der Waals surface area contributed by atoms with Crippen LogP contribution < -0.4 is 4.90 Å². The molecule has 0 bridgehead atoms. The molecular weight excluding hydrogens is 342 g/mol. The Morgan fingerprint density at radius 2 is 1.85 bits per heavy atom. The summed E-state index contributed by atoms with van der Waals surface area (Å²) >= 11 is 0. The number of fused-ring (bicyclic) bond motifs is 2. The van der Waals surface area contributed by atoms with Gasteiger partial charge in [-0.1, -0.05) is 72.9 Å². The fourth-order valence-electron chi connectivity index (χ4n) is 4.35. The lowest BCUT2D eigenvalue weighted by Gasteiger charge is -2.20. The van der Waals surface area contributed by atoms with Crippen molar-refractivity contribution in [1.82, 2.24) is 0 Å². The molecule has 1 aliphatic heterocycles. The molecule has 2 heteroatoms. The van der Waals surface area contributed by atoms with Crippen molar-refractivity contribution < 1.29 is 0 Å². The Morgan fingerprint density at radius 1 is 1.04 bits per heavy atom. The van der Waals surface area contributed by atoms with Gasteiger partial charge in [0.1, 0.15) is 0 Å². The van der Waals surface area contributed by atoms with Crippen LogP contribution in [0.5, 0.6) is 0 Å². The van der Waals surface area contributed by atoms with Crippen LogP contribution in [0.3, 0.4) is 0 Å². The molecule has 0 saturated heterocycles. The minimum atomic E-state index is -0.544. The van der Waals surface area contributed by atoms with E-state index in [2.05, 4.69) is 102 Å². The van der Waals surface area contributed by atoms with Crippen LogP contribution in [0.2, 0.25) is 12.6 Å². The van der Waals surface area contributed by atoms with Crippen molar-refractivity contribution in [2.75, 3.05) is 11.4 Å². The lowest BCUT2D eigenvalue weighted by molar-refractivity contribution is 0.977.